The predicted molar refractivity (Wildman–Crippen MR) is 106 cm³/mol. The number of nitrogens with zero attached hydrogens (tertiary/aromatic N) is 2. The lowest BCUT2D eigenvalue weighted by atomic mass is 10.1. The van der Waals surface area contributed by atoms with E-state index in [0.717, 1.165) is 43.1 Å². The van der Waals surface area contributed by atoms with Crippen molar-refractivity contribution in [3.63, 3.8) is 0 Å². The van der Waals surface area contributed by atoms with Gasteiger partial charge in [0.15, 0.2) is 0 Å². The molecule has 4 nitrogen and oxygen atoms in total. The second-order valence-electron chi connectivity index (χ2n) is 7.07. The van der Waals surface area contributed by atoms with Gasteiger partial charge in [-0.3, -0.25) is 4.79 Å². The van der Waals surface area contributed by atoms with Crippen LogP contribution in [0.2, 0.25) is 0 Å². The van der Waals surface area contributed by atoms with Crippen molar-refractivity contribution >= 4 is 11.6 Å². The molecular weight excluding hydrogens is 324 g/mol. The lowest BCUT2D eigenvalue weighted by Crippen LogP contribution is -2.49. The van der Waals surface area contributed by atoms with Gasteiger partial charge in [0.2, 0.25) is 5.91 Å². The first-order chi connectivity index (χ1) is 12.5. The summed E-state index contributed by atoms with van der Waals surface area (Å²) >= 11 is 0. The van der Waals surface area contributed by atoms with E-state index in [9.17, 15) is 4.79 Å². The Morgan fingerprint density at radius 2 is 1.73 bits per heavy atom. The average Bonchev–Trinajstić information content (AvgIpc) is 2.64. The normalized spacial score (nSPS) is 14.5. The Hall–Kier alpha value is -2.49. The number of rotatable bonds is 4. The minimum absolute atomic E-state index is 0.204. The van der Waals surface area contributed by atoms with Crippen molar-refractivity contribution in [1.29, 1.82) is 0 Å². The molecular formula is C22H28N2O2. The molecule has 2 aromatic rings. The third-order valence-electron chi connectivity index (χ3n) is 5.36. The van der Waals surface area contributed by atoms with Gasteiger partial charge in [-0.1, -0.05) is 24.3 Å². The predicted octanol–water partition coefficient (Wildman–Crippen LogP) is 3.51. The molecule has 1 amide bonds. The second-order valence-corrected chi connectivity index (χ2v) is 7.07. The maximum atomic E-state index is 12.7. The smallest absolute Gasteiger partial charge is 0.227 e. The van der Waals surface area contributed by atoms with Crippen molar-refractivity contribution in [1.82, 2.24) is 4.90 Å². The molecule has 0 aromatic heterocycles. The van der Waals surface area contributed by atoms with Crippen molar-refractivity contribution < 1.29 is 9.53 Å². The first-order valence-electron chi connectivity index (χ1n) is 9.22. The number of benzene rings is 2. The first kappa shape index (κ1) is 18.3. The van der Waals surface area contributed by atoms with Gasteiger partial charge < -0.3 is 14.5 Å². The van der Waals surface area contributed by atoms with Crippen LogP contribution in [-0.2, 0) is 11.2 Å². The highest BCUT2D eigenvalue weighted by Gasteiger charge is 2.22. The van der Waals surface area contributed by atoms with Crippen LogP contribution in [0.25, 0.3) is 0 Å². The highest BCUT2D eigenvalue weighted by Crippen LogP contribution is 2.24. The zero-order chi connectivity index (χ0) is 18.7. The number of hydrogen-bond donors (Lipinski definition) is 0. The monoisotopic (exact) mass is 352 g/mol. The van der Waals surface area contributed by atoms with Crippen LogP contribution in [0.4, 0.5) is 5.69 Å². The number of methoxy groups -OCH3 is 1. The Balaban J connectivity index is 1.60. The summed E-state index contributed by atoms with van der Waals surface area (Å²) in [6, 6.07) is 12.4. The number of ether oxygens (including phenoxy) is 1. The van der Waals surface area contributed by atoms with Gasteiger partial charge in [-0.05, 0) is 55.2 Å². The third-order valence-corrected chi connectivity index (χ3v) is 5.36. The molecule has 0 aliphatic carbocycles. The molecule has 1 saturated heterocycles. The number of carbonyl (C=O) groups excluding carboxylic acids is 1. The molecule has 0 unspecified atom stereocenters. The summed E-state index contributed by atoms with van der Waals surface area (Å²) in [7, 11) is 1.67. The van der Waals surface area contributed by atoms with E-state index in [-0.39, 0.29) is 5.91 Å². The van der Waals surface area contributed by atoms with E-state index in [1.54, 1.807) is 7.11 Å². The summed E-state index contributed by atoms with van der Waals surface area (Å²) in [6.45, 7) is 9.66. The Morgan fingerprint density at radius 1 is 1.00 bits per heavy atom. The van der Waals surface area contributed by atoms with E-state index in [1.807, 2.05) is 30.0 Å². The fourth-order valence-corrected chi connectivity index (χ4v) is 3.61. The molecule has 0 atom stereocenters. The molecule has 1 fully saturated rings. The van der Waals surface area contributed by atoms with Crippen LogP contribution in [0.15, 0.2) is 36.4 Å². The van der Waals surface area contributed by atoms with Crippen molar-refractivity contribution in [2.75, 3.05) is 38.2 Å². The molecule has 26 heavy (non-hydrogen) atoms. The molecule has 4 heteroatoms. The van der Waals surface area contributed by atoms with Gasteiger partial charge in [0.1, 0.15) is 5.75 Å². The topological polar surface area (TPSA) is 32.8 Å². The number of carbonyl (C=O) groups is 1. The van der Waals surface area contributed by atoms with E-state index in [0.29, 0.717) is 6.42 Å². The molecule has 3 rings (SSSR count). The minimum Gasteiger partial charge on any atom is -0.496 e. The summed E-state index contributed by atoms with van der Waals surface area (Å²) in [5, 5.41) is 0. The molecule has 1 aliphatic heterocycles. The molecule has 138 valence electrons. The molecule has 0 radical (unpaired) electrons. The summed E-state index contributed by atoms with van der Waals surface area (Å²) in [6.07, 6.45) is 0.453. The fraction of sp³-hybridized carbons (Fsp3) is 0.409. The average molecular weight is 352 g/mol. The minimum atomic E-state index is 0.204. The summed E-state index contributed by atoms with van der Waals surface area (Å²) in [5.41, 5.74) is 6.06. The van der Waals surface area contributed by atoms with Gasteiger partial charge >= 0.3 is 0 Å². The Kier molecular flexibility index (Phi) is 5.50. The van der Waals surface area contributed by atoms with Crippen molar-refractivity contribution in [3.05, 3.63) is 58.7 Å². The Morgan fingerprint density at radius 3 is 2.38 bits per heavy atom. The lowest BCUT2D eigenvalue weighted by Gasteiger charge is -2.37. The summed E-state index contributed by atoms with van der Waals surface area (Å²) in [4.78, 5) is 17.1. The summed E-state index contributed by atoms with van der Waals surface area (Å²) < 4.78 is 5.29. The number of anilines is 1. The molecule has 2 aromatic carbocycles. The van der Waals surface area contributed by atoms with Crippen LogP contribution < -0.4 is 9.64 Å². The zero-order valence-electron chi connectivity index (χ0n) is 16.2. The molecule has 0 spiro atoms. The van der Waals surface area contributed by atoms with E-state index >= 15 is 0 Å². The van der Waals surface area contributed by atoms with Crippen LogP contribution in [0, 0.1) is 20.8 Å². The number of piperazine rings is 1. The maximum absolute atomic E-state index is 12.7. The largest absolute Gasteiger partial charge is 0.496 e. The third kappa shape index (κ3) is 3.85. The SMILES string of the molecule is COc1ccc(CC(=O)N2CCN(c3cccc(C)c3C)CC2)cc1C. The van der Waals surface area contributed by atoms with Crippen LogP contribution >= 0.6 is 0 Å². The highest BCUT2D eigenvalue weighted by atomic mass is 16.5. The lowest BCUT2D eigenvalue weighted by molar-refractivity contribution is -0.130. The van der Waals surface area contributed by atoms with Crippen molar-refractivity contribution in [3.8, 4) is 5.75 Å². The highest BCUT2D eigenvalue weighted by molar-refractivity contribution is 5.79. The first-order valence-corrected chi connectivity index (χ1v) is 9.22. The molecule has 1 heterocycles. The quantitative estimate of drug-likeness (QED) is 0.844. The maximum Gasteiger partial charge on any atom is 0.227 e. The van der Waals surface area contributed by atoms with Gasteiger partial charge in [0.05, 0.1) is 13.5 Å². The fourth-order valence-electron chi connectivity index (χ4n) is 3.61. The van der Waals surface area contributed by atoms with E-state index in [2.05, 4.69) is 36.9 Å². The molecule has 0 N–H and O–H groups in total. The Bertz CT molecular complexity index is 793. The second kappa shape index (κ2) is 7.81. The standard InChI is InChI=1S/C22H28N2O2/c1-16-6-5-7-20(18(16)3)23-10-12-24(13-11-23)22(25)15-19-8-9-21(26-4)17(2)14-19/h5-9,14H,10-13,15H2,1-4H3. The van der Waals surface area contributed by atoms with Crippen LogP contribution in [0.5, 0.6) is 5.75 Å². The van der Waals surface area contributed by atoms with Crippen molar-refractivity contribution in [2.45, 2.75) is 27.2 Å². The van der Waals surface area contributed by atoms with Gasteiger partial charge in [-0.15, -0.1) is 0 Å². The van der Waals surface area contributed by atoms with Crippen LogP contribution in [0.3, 0.4) is 0 Å². The molecule has 0 bridgehead atoms. The zero-order valence-corrected chi connectivity index (χ0v) is 16.2. The van der Waals surface area contributed by atoms with Crippen LogP contribution in [0.1, 0.15) is 22.3 Å². The van der Waals surface area contributed by atoms with E-state index in [4.69, 9.17) is 4.74 Å². The van der Waals surface area contributed by atoms with Gasteiger partial charge in [-0.25, -0.2) is 0 Å². The van der Waals surface area contributed by atoms with Gasteiger partial charge in [-0.2, -0.15) is 0 Å². The summed E-state index contributed by atoms with van der Waals surface area (Å²) in [5.74, 6) is 1.07. The molecule has 1 aliphatic rings. The van der Waals surface area contributed by atoms with Gasteiger partial charge in [0, 0.05) is 31.9 Å². The number of hydrogen-bond acceptors (Lipinski definition) is 3. The van der Waals surface area contributed by atoms with Crippen LogP contribution in [-0.4, -0.2) is 44.1 Å². The van der Waals surface area contributed by atoms with E-state index < -0.39 is 0 Å². The van der Waals surface area contributed by atoms with E-state index in [1.165, 1.54) is 16.8 Å². The molecule has 0 saturated carbocycles. The number of amides is 1. The number of aryl methyl sites for hydroxylation is 2. The van der Waals surface area contributed by atoms with Gasteiger partial charge in [0.25, 0.3) is 0 Å². The van der Waals surface area contributed by atoms with Crippen molar-refractivity contribution in [2.24, 2.45) is 0 Å². The Labute approximate surface area is 156 Å².